The van der Waals surface area contributed by atoms with Gasteiger partial charge in [-0.25, -0.2) is 4.57 Å². The molecule has 0 aliphatic heterocycles. The minimum absolute atomic E-state index is 0.0447. The first-order chi connectivity index (χ1) is 13.9. The van der Waals surface area contributed by atoms with Crippen LogP contribution in [0.15, 0.2) is 24.3 Å². The number of benzene rings is 1. The van der Waals surface area contributed by atoms with E-state index in [1.54, 1.807) is 12.1 Å². The van der Waals surface area contributed by atoms with Gasteiger partial charge in [0.2, 0.25) is 5.91 Å². The average Bonchev–Trinajstić information content (AvgIpc) is 2.66. The molecule has 1 amide bonds. The van der Waals surface area contributed by atoms with E-state index in [2.05, 4.69) is 16.8 Å². The summed E-state index contributed by atoms with van der Waals surface area (Å²) in [5, 5.41) is 2.79. The lowest BCUT2D eigenvalue weighted by atomic mass is 10.0. The van der Waals surface area contributed by atoms with E-state index in [1.807, 2.05) is 0 Å². The molecule has 166 valence electrons. The van der Waals surface area contributed by atoms with Crippen LogP contribution in [0.4, 0.5) is 5.69 Å². The molecule has 0 spiro atoms. The normalized spacial score (nSPS) is 11.4. The lowest BCUT2D eigenvalue weighted by molar-refractivity contribution is -0.116. The second-order valence-electron chi connectivity index (χ2n) is 7.65. The fraction of sp³-hybridized carbons (Fsp3) is 0.682. The molecule has 0 atom stereocenters. The third kappa shape index (κ3) is 15.2. The molecule has 0 unspecified atom stereocenters. The Morgan fingerprint density at radius 3 is 1.72 bits per heavy atom. The van der Waals surface area contributed by atoms with Gasteiger partial charge in [0.05, 0.1) is 0 Å². The quantitative estimate of drug-likeness (QED) is 0.193. The van der Waals surface area contributed by atoms with Crippen LogP contribution in [0.25, 0.3) is 0 Å². The maximum Gasteiger partial charge on any atom is 0.524 e. The number of hydrogen-bond donors (Lipinski definition) is 3. The number of phosphoric ester groups is 1. The molecule has 0 bridgehead atoms. The van der Waals surface area contributed by atoms with Gasteiger partial charge in [-0.15, -0.1) is 0 Å². The number of rotatable bonds is 17. The Balaban J connectivity index is 1.98. The summed E-state index contributed by atoms with van der Waals surface area (Å²) in [6.07, 6.45) is 17.1. The number of carbonyl (C=O) groups is 1. The van der Waals surface area contributed by atoms with Gasteiger partial charge in [0.15, 0.2) is 0 Å². The fourth-order valence-corrected chi connectivity index (χ4v) is 3.66. The number of carbonyl (C=O) groups excluding carboxylic acids is 1. The molecule has 7 heteroatoms. The number of anilines is 1. The molecule has 0 aliphatic rings. The summed E-state index contributed by atoms with van der Waals surface area (Å²) in [4.78, 5) is 29.5. The Hall–Kier alpha value is -1.36. The molecule has 0 aromatic heterocycles. The van der Waals surface area contributed by atoms with E-state index in [9.17, 15) is 9.36 Å². The van der Waals surface area contributed by atoms with Gasteiger partial charge in [0.25, 0.3) is 0 Å². The predicted molar refractivity (Wildman–Crippen MR) is 118 cm³/mol. The van der Waals surface area contributed by atoms with Gasteiger partial charge in [-0.1, -0.05) is 84.0 Å². The lowest BCUT2D eigenvalue weighted by Crippen LogP contribution is -2.10. The summed E-state index contributed by atoms with van der Waals surface area (Å²) in [5.41, 5.74) is 0.586. The monoisotopic (exact) mass is 427 g/mol. The second-order valence-corrected chi connectivity index (χ2v) is 8.81. The number of nitrogens with one attached hydrogen (secondary N) is 1. The molecule has 1 rings (SSSR count). The smallest absolute Gasteiger partial charge is 0.404 e. The van der Waals surface area contributed by atoms with Crippen LogP contribution < -0.4 is 9.84 Å². The maximum absolute atomic E-state index is 12.0. The summed E-state index contributed by atoms with van der Waals surface area (Å²) < 4.78 is 15.2. The highest BCUT2D eigenvalue weighted by Gasteiger charge is 2.15. The van der Waals surface area contributed by atoms with E-state index < -0.39 is 7.82 Å². The first-order valence-electron chi connectivity index (χ1n) is 11.1. The first kappa shape index (κ1) is 25.7. The van der Waals surface area contributed by atoms with Crippen molar-refractivity contribution >= 4 is 19.4 Å². The lowest BCUT2D eigenvalue weighted by Gasteiger charge is -2.08. The second kappa shape index (κ2) is 15.5. The van der Waals surface area contributed by atoms with Crippen LogP contribution in [0.5, 0.6) is 5.75 Å². The minimum atomic E-state index is -4.56. The molecular weight excluding hydrogens is 389 g/mol. The van der Waals surface area contributed by atoms with Crippen LogP contribution in [-0.4, -0.2) is 15.7 Å². The SMILES string of the molecule is CCCCCCCCCCCCCCCC(=O)Nc1ccc(OP(=O)(O)O)cc1. The van der Waals surface area contributed by atoms with E-state index in [0.717, 1.165) is 12.8 Å². The minimum Gasteiger partial charge on any atom is -0.404 e. The standard InChI is InChI=1S/C22H38NO5P/c1-2-3-4-5-6-7-8-9-10-11-12-13-14-15-22(24)23-20-16-18-21(19-17-20)28-29(25,26)27/h16-19H,2-15H2,1H3,(H,23,24)(H2,25,26,27). The first-order valence-corrected chi connectivity index (χ1v) is 12.6. The molecule has 0 saturated heterocycles. The molecule has 1 aromatic carbocycles. The number of unbranched alkanes of at least 4 members (excludes halogenated alkanes) is 12. The largest absolute Gasteiger partial charge is 0.524 e. The zero-order valence-electron chi connectivity index (χ0n) is 17.8. The number of amides is 1. The van der Waals surface area contributed by atoms with Gasteiger partial charge >= 0.3 is 7.82 Å². The Morgan fingerprint density at radius 2 is 1.28 bits per heavy atom. The van der Waals surface area contributed by atoms with Crippen molar-refractivity contribution in [3.63, 3.8) is 0 Å². The Morgan fingerprint density at radius 1 is 0.828 bits per heavy atom. The van der Waals surface area contributed by atoms with Gasteiger partial charge in [-0.3, -0.25) is 14.6 Å². The summed E-state index contributed by atoms with van der Waals surface area (Å²) in [6, 6.07) is 5.96. The molecule has 6 nitrogen and oxygen atoms in total. The summed E-state index contributed by atoms with van der Waals surface area (Å²) >= 11 is 0. The number of hydrogen-bond acceptors (Lipinski definition) is 3. The van der Waals surface area contributed by atoms with Crippen molar-refractivity contribution in [3.8, 4) is 5.75 Å². The predicted octanol–water partition coefficient (Wildman–Crippen LogP) is 6.58. The zero-order chi connectivity index (χ0) is 21.4. The third-order valence-corrected chi connectivity index (χ3v) is 5.32. The van der Waals surface area contributed by atoms with Crippen molar-refractivity contribution in [2.24, 2.45) is 0 Å². The van der Waals surface area contributed by atoms with Crippen molar-refractivity contribution in [1.29, 1.82) is 0 Å². The molecular formula is C22H38NO5P. The van der Waals surface area contributed by atoms with Crippen LogP contribution in [0.3, 0.4) is 0 Å². The fourth-order valence-electron chi connectivity index (χ4n) is 3.26. The van der Waals surface area contributed by atoms with Crippen molar-refractivity contribution in [2.75, 3.05) is 5.32 Å². The summed E-state index contributed by atoms with van der Waals surface area (Å²) in [5.74, 6) is 0.0181. The van der Waals surface area contributed by atoms with Crippen molar-refractivity contribution in [3.05, 3.63) is 24.3 Å². The molecule has 0 aliphatic carbocycles. The van der Waals surface area contributed by atoms with Crippen LogP contribution in [0.2, 0.25) is 0 Å². The Kier molecular flexibility index (Phi) is 13.7. The van der Waals surface area contributed by atoms with E-state index in [4.69, 9.17) is 9.79 Å². The molecule has 0 radical (unpaired) electrons. The van der Waals surface area contributed by atoms with Gasteiger partial charge in [0, 0.05) is 12.1 Å². The van der Waals surface area contributed by atoms with E-state index in [-0.39, 0.29) is 11.7 Å². The van der Waals surface area contributed by atoms with Crippen molar-refractivity contribution < 1.29 is 23.7 Å². The van der Waals surface area contributed by atoms with Crippen LogP contribution in [0, 0.1) is 0 Å². The van der Waals surface area contributed by atoms with E-state index in [0.29, 0.717) is 12.1 Å². The Labute approximate surface area is 175 Å². The van der Waals surface area contributed by atoms with Gasteiger partial charge in [-0.05, 0) is 30.7 Å². The zero-order valence-corrected chi connectivity index (χ0v) is 18.7. The van der Waals surface area contributed by atoms with E-state index in [1.165, 1.54) is 82.8 Å². The summed E-state index contributed by atoms with van der Waals surface area (Å²) in [6.45, 7) is 2.25. The van der Waals surface area contributed by atoms with E-state index >= 15 is 0 Å². The van der Waals surface area contributed by atoms with Crippen molar-refractivity contribution in [2.45, 2.75) is 96.8 Å². The van der Waals surface area contributed by atoms with Crippen LogP contribution in [-0.2, 0) is 9.36 Å². The van der Waals surface area contributed by atoms with Crippen LogP contribution >= 0.6 is 7.82 Å². The molecule has 29 heavy (non-hydrogen) atoms. The van der Waals surface area contributed by atoms with Gasteiger partial charge in [0.1, 0.15) is 5.75 Å². The van der Waals surface area contributed by atoms with Crippen LogP contribution in [0.1, 0.15) is 96.8 Å². The Bertz CT molecular complexity index is 600. The van der Waals surface area contributed by atoms with Gasteiger partial charge in [-0.2, -0.15) is 0 Å². The highest BCUT2D eigenvalue weighted by atomic mass is 31.2. The highest BCUT2D eigenvalue weighted by Crippen LogP contribution is 2.37. The maximum atomic E-state index is 12.0. The molecule has 1 aromatic rings. The molecule has 0 fully saturated rings. The van der Waals surface area contributed by atoms with Gasteiger partial charge < -0.3 is 9.84 Å². The third-order valence-electron chi connectivity index (χ3n) is 4.87. The number of phosphoric acid groups is 1. The highest BCUT2D eigenvalue weighted by molar-refractivity contribution is 7.46. The van der Waals surface area contributed by atoms with Crippen molar-refractivity contribution in [1.82, 2.24) is 0 Å². The summed E-state index contributed by atoms with van der Waals surface area (Å²) in [7, 11) is -4.56. The molecule has 0 heterocycles. The average molecular weight is 428 g/mol. The molecule has 0 saturated carbocycles. The molecule has 3 N–H and O–H groups in total. The topological polar surface area (TPSA) is 95.9 Å².